The summed E-state index contributed by atoms with van der Waals surface area (Å²) in [6.45, 7) is 0. The monoisotopic (exact) mass is 507 g/mol. The Morgan fingerprint density at radius 1 is 0.450 bits per heavy atom. The summed E-state index contributed by atoms with van der Waals surface area (Å²) < 4.78 is 8.82. The normalized spacial score (nSPS) is 12.5. The zero-order valence-electron chi connectivity index (χ0n) is 21.5. The van der Waals surface area contributed by atoms with E-state index in [1.165, 1.54) is 71.0 Å². The molecule has 0 N–H and O–H groups in total. The molecule has 0 atom stereocenters. The predicted molar refractivity (Wildman–Crippen MR) is 168 cm³/mol. The van der Waals surface area contributed by atoms with Gasteiger partial charge in [0.2, 0.25) is 0 Å². The summed E-state index contributed by atoms with van der Waals surface area (Å²) in [5.74, 6) is 0. The van der Waals surface area contributed by atoms with Gasteiger partial charge in [-0.05, 0) is 68.6 Å². The highest BCUT2D eigenvalue weighted by atomic mass is 16.3. The van der Waals surface area contributed by atoms with Crippen molar-refractivity contribution in [1.29, 1.82) is 0 Å². The molecule has 2 heterocycles. The average Bonchev–Trinajstić information content (AvgIpc) is 3.66. The molecule has 40 heavy (non-hydrogen) atoms. The average molecular weight is 508 g/mol. The van der Waals surface area contributed by atoms with E-state index in [0.717, 1.165) is 22.2 Å². The number of nitrogens with zero attached hydrogens (tertiary/aromatic N) is 1. The molecule has 2 aromatic heterocycles. The Bertz CT molecular complexity index is 2540. The van der Waals surface area contributed by atoms with Gasteiger partial charge in [-0.2, -0.15) is 0 Å². The summed E-state index contributed by atoms with van der Waals surface area (Å²) in [4.78, 5) is 0. The number of hydrogen-bond donors (Lipinski definition) is 0. The van der Waals surface area contributed by atoms with E-state index in [0.29, 0.717) is 0 Å². The maximum atomic E-state index is 6.35. The van der Waals surface area contributed by atoms with Crippen LogP contribution in [-0.4, -0.2) is 4.57 Å². The minimum atomic E-state index is 0.915. The summed E-state index contributed by atoms with van der Waals surface area (Å²) in [7, 11) is 0. The van der Waals surface area contributed by atoms with Gasteiger partial charge in [-0.15, -0.1) is 0 Å². The molecule has 1 aliphatic rings. The van der Waals surface area contributed by atoms with E-state index >= 15 is 0 Å². The van der Waals surface area contributed by atoms with Crippen LogP contribution in [0.2, 0.25) is 0 Å². The Labute approximate surface area is 229 Å². The lowest BCUT2D eigenvalue weighted by molar-refractivity contribution is 0.669. The molecule has 0 spiro atoms. The van der Waals surface area contributed by atoms with E-state index in [2.05, 4.69) is 132 Å². The fourth-order valence-corrected chi connectivity index (χ4v) is 7.27. The van der Waals surface area contributed by atoms with Crippen LogP contribution in [0, 0.1) is 0 Å². The first kappa shape index (κ1) is 20.6. The third kappa shape index (κ3) is 2.45. The second kappa shape index (κ2) is 7.19. The van der Waals surface area contributed by atoms with Crippen molar-refractivity contribution in [3.05, 3.63) is 127 Å². The molecular weight excluding hydrogens is 486 g/mol. The lowest BCUT2D eigenvalue weighted by Gasteiger charge is -2.12. The predicted octanol–water partition coefficient (Wildman–Crippen LogP) is 10.6. The number of hydrogen-bond acceptors (Lipinski definition) is 1. The maximum Gasteiger partial charge on any atom is 0.136 e. The SMILES string of the molecule is c1cc2c3c(cccc3c1)-c1c-2ccc2c3ccccc3n(-c3ccc4oc5ccc6ccccc6c5c4c3)c12. The van der Waals surface area contributed by atoms with Crippen molar-refractivity contribution in [2.75, 3.05) is 0 Å². The van der Waals surface area contributed by atoms with Crippen LogP contribution in [-0.2, 0) is 0 Å². The van der Waals surface area contributed by atoms with Gasteiger partial charge in [0.15, 0.2) is 0 Å². The van der Waals surface area contributed by atoms with Gasteiger partial charge in [0.25, 0.3) is 0 Å². The lowest BCUT2D eigenvalue weighted by atomic mass is 10.00. The van der Waals surface area contributed by atoms with Crippen molar-refractivity contribution in [1.82, 2.24) is 4.57 Å². The molecule has 1 aliphatic carbocycles. The van der Waals surface area contributed by atoms with Crippen LogP contribution < -0.4 is 0 Å². The summed E-state index contributed by atoms with van der Waals surface area (Å²) in [6, 6.07) is 46.3. The van der Waals surface area contributed by atoms with Crippen LogP contribution in [0.5, 0.6) is 0 Å². The molecule has 0 bridgehead atoms. The molecule has 9 aromatic rings. The van der Waals surface area contributed by atoms with Gasteiger partial charge in [0.05, 0.1) is 11.0 Å². The summed E-state index contributed by atoms with van der Waals surface area (Å²) in [6.07, 6.45) is 0. The van der Waals surface area contributed by atoms with Gasteiger partial charge in [0, 0.05) is 32.8 Å². The molecule has 0 amide bonds. The highest BCUT2D eigenvalue weighted by molar-refractivity contribution is 6.25. The van der Waals surface area contributed by atoms with Crippen LogP contribution in [0.4, 0.5) is 0 Å². The molecule has 2 nitrogen and oxygen atoms in total. The van der Waals surface area contributed by atoms with Crippen LogP contribution in [0.15, 0.2) is 132 Å². The summed E-state index contributed by atoms with van der Waals surface area (Å²) in [5.41, 5.74) is 10.7. The number of aromatic nitrogens is 1. The van der Waals surface area contributed by atoms with Gasteiger partial charge in [-0.1, -0.05) is 97.1 Å². The first-order chi connectivity index (χ1) is 19.8. The third-order valence-electron chi connectivity index (χ3n) is 8.90. The van der Waals surface area contributed by atoms with Crippen molar-refractivity contribution in [3.8, 4) is 27.9 Å². The highest BCUT2D eigenvalue weighted by Gasteiger charge is 2.27. The first-order valence-corrected chi connectivity index (χ1v) is 13.8. The lowest BCUT2D eigenvalue weighted by Crippen LogP contribution is -1.95. The number of fused-ring (bicyclic) bond motifs is 12. The fraction of sp³-hybridized carbons (Fsp3) is 0. The van der Waals surface area contributed by atoms with Gasteiger partial charge in [-0.25, -0.2) is 0 Å². The Hall–Kier alpha value is -5.34. The van der Waals surface area contributed by atoms with E-state index in [1.807, 2.05) is 0 Å². The molecule has 0 fully saturated rings. The van der Waals surface area contributed by atoms with Crippen LogP contribution in [0.1, 0.15) is 0 Å². The quantitative estimate of drug-likeness (QED) is 0.216. The second-order valence-corrected chi connectivity index (χ2v) is 10.9. The minimum absolute atomic E-state index is 0.915. The van der Waals surface area contributed by atoms with Gasteiger partial charge >= 0.3 is 0 Å². The van der Waals surface area contributed by atoms with E-state index in [4.69, 9.17) is 4.42 Å². The maximum absolute atomic E-state index is 6.35. The number of para-hydroxylation sites is 1. The Kier molecular flexibility index (Phi) is 3.70. The zero-order valence-corrected chi connectivity index (χ0v) is 21.5. The van der Waals surface area contributed by atoms with Crippen molar-refractivity contribution < 1.29 is 4.42 Å². The van der Waals surface area contributed by atoms with E-state index in [1.54, 1.807) is 0 Å². The topological polar surface area (TPSA) is 18.1 Å². The summed E-state index contributed by atoms with van der Waals surface area (Å²) >= 11 is 0. The second-order valence-electron chi connectivity index (χ2n) is 10.9. The largest absolute Gasteiger partial charge is 0.456 e. The molecule has 0 saturated carbocycles. The van der Waals surface area contributed by atoms with Gasteiger partial charge < -0.3 is 8.98 Å². The van der Waals surface area contributed by atoms with Crippen LogP contribution in [0.3, 0.4) is 0 Å². The molecule has 0 radical (unpaired) electrons. The Balaban J connectivity index is 1.38. The molecule has 184 valence electrons. The molecular formula is C38H21NO. The Morgan fingerprint density at radius 3 is 2.15 bits per heavy atom. The highest BCUT2D eigenvalue weighted by Crippen LogP contribution is 2.52. The Morgan fingerprint density at radius 2 is 1.23 bits per heavy atom. The minimum Gasteiger partial charge on any atom is -0.456 e. The molecule has 10 rings (SSSR count). The van der Waals surface area contributed by atoms with Crippen LogP contribution >= 0.6 is 0 Å². The van der Waals surface area contributed by atoms with Crippen molar-refractivity contribution in [2.24, 2.45) is 0 Å². The van der Waals surface area contributed by atoms with Crippen molar-refractivity contribution in [3.63, 3.8) is 0 Å². The fourth-order valence-electron chi connectivity index (χ4n) is 7.27. The number of benzene rings is 7. The van der Waals surface area contributed by atoms with E-state index in [9.17, 15) is 0 Å². The number of rotatable bonds is 1. The standard InChI is InChI=1S/C38H21NO/c1-2-10-25-22(7-1)15-19-34-36(25)31-21-24(16-20-33(31)40-34)39-32-14-4-3-11-26(32)29-18-17-28-27-12-5-8-23-9-6-13-30(35(23)27)37(28)38(29)39/h1-21H. The molecule has 0 saturated heterocycles. The smallest absolute Gasteiger partial charge is 0.136 e. The molecule has 7 aromatic carbocycles. The van der Waals surface area contributed by atoms with Gasteiger partial charge in [-0.3, -0.25) is 0 Å². The summed E-state index contributed by atoms with van der Waals surface area (Å²) in [5, 5.41) is 9.97. The number of furan rings is 1. The van der Waals surface area contributed by atoms with Crippen molar-refractivity contribution >= 4 is 65.3 Å². The first-order valence-electron chi connectivity index (χ1n) is 13.8. The van der Waals surface area contributed by atoms with Gasteiger partial charge in [0.1, 0.15) is 11.2 Å². The molecule has 0 unspecified atom stereocenters. The molecule has 0 aliphatic heterocycles. The third-order valence-corrected chi connectivity index (χ3v) is 8.90. The van der Waals surface area contributed by atoms with Crippen molar-refractivity contribution in [2.45, 2.75) is 0 Å². The van der Waals surface area contributed by atoms with E-state index in [-0.39, 0.29) is 0 Å². The zero-order chi connectivity index (χ0) is 25.9. The molecule has 2 heteroatoms. The van der Waals surface area contributed by atoms with Crippen LogP contribution in [0.25, 0.3) is 93.2 Å². The van der Waals surface area contributed by atoms with E-state index < -0.39 is 0 Å².